The molecule has 0 fully saturated rings. The highest BCUT2D eigenvalue weighted by molar-refractivity contribution is 7.92. The van der Waals surface area contributed by atoms with Crippen molar-refractivity contribution in [2.24, 2.45) is 5.73 Å². The van der Waals surface area contributed by atoms with E-state index in [4.69, 9.17) is 5.73 Å². The molecule has 7 nitrogen and oxygen atoms in total. The van der Waals surface area contributed by atoms with Crippen molar-refractivity contribution in [2.45, 2.75) is 31.2 Å². The Kier molecular flexibility index (Phi) is 5.48. The van der Waals surface area contributed by atoms with E-state index >= 15 is 0 Å². The largest absolute Gasteiger partial charge is 0.366 e. The summed E-state index contributed by atoms with van der Waals surface area (Å²) in [6, 6.07) is 17.8. The molecule has 0 spiro atoms. The topological polar surface area (TPSA) is 110 Å². The molecule has 3 aromatic carbocycles. The third kappa shape index (κ3) is 3.97. The van der Waals surface area contributed by atoms with E-state index in [1.807, 2.05) is 13.8 Å². The predicted octanol–water partition coefficient (Wildman–Crippen LogP) is 3.49. The molecule has 164 valence electrons. The first kappa shape index (κ1) is 21.6. The first-order chi connectivity index (χ1) is 15.2. The fraction of sp³-hybridized carbons (Fsp3) is 0.167. The zero-order valence-corrected chi connectivity index (χ0v) is 18.5. The van der Waals surface area contributed by atoms with Gasteiger partial charge in [-0.3, -0.25) is 13.9 Å². The number of hydrogen-bond donors (Lipinski definition) is 2. The summed E-state index contributed by atoms with van der Waals surface area (Å²) in [5.74, 6) is -0.868. The maximum atomic E-state index is 13.3. The Morgan fingerprint density at radius 1 is 0.969 bits per heavy atom. The summed E-state index contributed by atoms with van der Waals surface area (Å²) in [5, 5.41) is 2.78. The van der Waals surface area contributed by atoms with Crippen LogP contribution in [0.3, 0.4) is 0 Å². The lowest BCUT2D eigenvalue weighted by molar-refractivity contribution is 0.0998. The van der Waals surface area contributed by atoms with Gasteiger partial charge < -0.3 is 11.1 Å². The Balaban J connectivity index is 1.59. The molecule has 0 aromatic heterocycles. The van der Waals surface area contributed by atoms with Gasteiger partial charge in [0.1, 0.15) is 0 Å². The van der Waals surface area contributed by atoms with Gasteiger partial charge in [-0.2, -0.15) is 0 Å². The van der Waals surface area contributed by atoms with Crippen molar-refractivity contribution in [2.75, 3.05) is 9.62 Å². The Labute approximate surface area is 186 Å². The molecule has 1 atom stereocenters. The van der Waals surface area contributed by atoms with Crippen LogP contribution in [0.5, 0.6) is 0 Å². The van der Waals surface area contributed by atoms with Crippen LogP contribution in [0, 0.1) is 6.92 Å². The normalized spacial score (nSPS) is 15.3. The van der Waals surface area contributed by atoms with Crippen molar-refractivity contribution in [3.05, 3.63) is 89.0 Å². The minimum atomic E-state index is -3.72. The molecular formula is C24H23N3O4S. The van der Waals surface area contributed by atoms with Gasteiger partial charge in [0.2, 0.25) is 5.91 Å². The summed E-state index contributed by atoms with van der Waals surface area (Å²) < 4.78 is 28.0. The van der Waals surface area contributed by atoms with Gasteiger partial charge in [0, 0.05) is 22.9 Å². The van der Waals surface area contributed by atoms with Crippen molar-refractivity contribution in [3.8, 4) is 0 Å². The fourth-order valence-electron chi connectivity index (χ4n) is 3.86. The van der Waals surface area contributed by atoms with Crippen LogP contribution in [-0.4, -0.2) is 26.3 Å². The van der Waals surface area contributed by atoms with Crippen molar-refractivity contribution in [3.63, 3.8) is 0 Å². The quantitative estimate of drug-likeness (QED) is 0.621. The van der Waals surface area contributed by atoms with E-state index in [1.165, 1.54) is 16.4 Å². The fourth-order valence-corrected chi connectivity index (χ4v) is 5.55. The monoisotopic (exact) mass is 449 g/mol. The number of fused-ring (bicyclic) bond motifs is 1. The number of nitrogens with one attached hydrogen (secondary N) is 1. The van der Waals surface area contributed by atoms with E-state index in [0.717, 1.165) is 11.1 Å². The van der Waals surface area contributed by atoms with Gasteiger partial charge >= 0.3 is 0 Å². The van der Waals surface area contributed by atoms with Gasteiger partial charge in [-0.05, 0) is 80.4 Å². The van der Waals surface area contributed by atoms with E-state index in [9.17, 15) is 18.0 Å². The lowest BCUT2D eigenvalue weighted by Gasteiger charge is -2.24. The predicted molar refractivity (Wildman–Crippen MR) is 123 cm³/mol. The molecule has 0 saturated heterocycles. The molecular weight excluding hydrogens is 426 g/mol. The van der Waals surface area contributed by atoms with Crippen molar-refractivity contribution in [1.82, 2.24) is 0 Å². The smallest absolute Gasteiger partial charge is 0.264 e. The highest BCUT2D eigenvalue weighted by Crippen LogP contribution is 2.37. The highest BCUT2D eigenvalue weighted by Gasteiger charge is 2.36. The van der Waals surface area contributed by atoms with Crippen molar-refractivity contribution < 1.29 is 18.0 Å². The third-order valence-corrected chi connectivity index (χ3v) is 7.44. The molecule has 0 radical (unpaired) electrons. The van der Waals surface area contributed by atoms with Gasteiger partial charge in [-0.1, -0.05) is 17.7 Å². The number of aryl methyl sites for hydroxylation is 1. The summed E-state index contributed by atoms with van der Waals surface area (Å²) in [6.45, 7) is 3.76. The molecule has 3 N–H and O–H groups in total. The van der Waals surface area contributed by atoms with Gasteiger partial charge in [-0.25, -0.2) is 8.42 Å². The molecule has 0 unspecified atom stereocenters. The van der Waals surface area contributed by atoms with Crippen molar-refractivity contribution >= 4 is 33.2 Å². The lowest BCUT2D eigenvalue weighted by Crippen LogP contribution is -2.35. The molecule has 3 aromatic rings. The number of carbonyl (C=O) groups is 2. The molecule has 0 bridgehead atoms. The molecule has 1 aliphatic rings. The first-order valence-corrected chi connectivity index (χ1v) is 11.6. The lowest BCUT2D eigenvalue weighted by atomic mass is 10.1. The number of nitrogens with two attached hydrogens (primary N) is 1. The van der Waals surface area contributed by atoms with Gasteiger partial charge in [0.15, 0.2) is 0 Å². The molecule has 8 heteroatoms. The van der Waals surface area contributed by atoms with Crippen LogP contribution < -0.4 is 15.4 Å². The number of primary amides is 1. The van der Waals surface area contributed by atoms with E-state index in [-0.39, 0.29) is 16.8 Å². The minimum absolute atomic E-state index is 0.240. The molecule has 1 aliphatic heterocycles. The van der Waals surface area contributed by atoms with Gasteiger partial charge in [0.05, 0.1) is 10.6 Å². The number of rotatable bonds is 5. The summed E-state index contributed by atoms with van der Waals surface area (Å²) in [5.41, 5.74) is 8.89. The van der Waals surface area contributed by atoms with Crippen LogP contribution in [0.2, 0.25) is 0 Å². The number of anilines is 2. The van der Waals surface area contributed by atoms with Gasteiger partial charge in [-0.15, -0.1) is 0 Å². The Morgan fingerprint density at radius 3 is 2.22 bits per heavy atom. The summed E-state index contributed by atoms with van der Waals surface area (Å²) in [4.78, 5) is 24.1. The van der Waals surface area contributed by atoms with Crippen LogP contribution in [0.15, 0.2) is 71.6 Å². The molecule has 0 saturated carbocycles. The molecule has 4 rings (SSSR count). The van der Waals surface area contributed by atoms with Crippen LogP contribution in [0.1, 0.15) is 38.8 Å². The van der Waals surface area contributed by atoms with E-state index < -0.39 is 15.9 Å². The average molecular weight is 450 g/mol. The zero-order chi connectivity index (χ0) is 23.0. The SMILES string of the molecule is Cc1ccc(S(=O)(=O)N2c3ccc(C(=O)Nc4ccc(C(N)=O)cc4)cc3C[C@H]2C)cc1. The van der Waals surface area contributed by atoms with Crippen molar-refractivity contribution in [1.29, 1.82) is 0 Å². The molecule has 2 amide bonds. The summed E-state index contributed by atoms with van der Waals surface area (Å²) in [7, 11) is -3.72. The molecule has 0 aliphatic carbocycles. The first-order valence-electron chi connectivity index (χ1n) is 10.1. The second-order valence-corrected chi connectivity index (χ2v) is 9.72. The molecule has 32 heavy (non-hydrogen) atoms. The second kappa shape index (κ2) is 8.12. The average Bonchev–Trinajstić information content (AvgIpc) is 3.10. The minimum Gasteiger partial charge on any atom is -0.366 e. The number of carbonyl (C=O) groups excluding carboxylic acids is 2. The number of benzene rings is 3. The number of hydrogen-bond acceptors (Lipinski definition) is 4. The summed E-state index contributed by atoms with van der Waals surface area (Å²) >= 11 is 0. The Bertz CT molecular complexity index is 1300. The maximum Gasteiger partial charge on any atom is 0.264 e. The van der Waals surface area contributed by atoms with E-state index in [0.29, 0.717) is 28.9 Å². The third-order valence-electron chi connectivity index (χ3n) is 5.50. The van der Waals surface area contributed by atoms with Crippen LogP contribution in [0.25, 0.3) is 0 Å². The van der Waals surface area contributed by atoms with Crippen LogP contribution in [0.4, 0.5) is 11.4 Å². The molecule has 1 heterocycles. The number of sulfonamides is 1. The Morgan fingerprint density at radius 2 is 1.59 bits per heavy atom. The second-order valence-electron chi connectivity index (χ2n) is 7.91. The number of nitrogens with zero attached hydrogens (tertiary/aromatic N) is 1. The number of amides is 2. The van der Waals surface area contributed by atoms with E-state index in [1.54, 1.807) is 54.6 Å². The van der Waals surface area contributed by atoms with E-state index in [2.05, 4.69) is 5.32 Å². The highest BCUT2D eigenvalue weighted by atomic mass is 32.2. The van der Waals surface area contributed by atoms with Gasteiger partial charge in [0.25, 0.3) is 15.9 Å². The van der Waals surface area contributed by atoms with Crippen LogP contribution >= 0.6 is 0 Å². The summed E-state index contributed by atoms with van der Waals surface area (Å²) in [6.07, 6.45) is 0.509. The maximum absolute atomic E-state index is 13.3. The Hall–Kier alpha value is -3.65. The van der Waals surface area contributed by atoms with Crippen LogP contribution in [-0.2, 0) is 16.4 Å². The standard InChI is InChI=1S/C24H23N3O4S/c1-15-3-10-21(11-4-15)32(30,31)27-16(2)13-19-14-18(7-12-22(19)27)24(29)26-20-8-5-17(6-9-20)23(25)28/h3-12,14,16H,13H2,1-2H3,(H2,25,28)(H,26,29)/t16-/m1/s1. The zero-order valence-electron chi connectivity index (χ0n) is 17.7.